The summed E-state index contributed by atoms with van der Waals surface area (Å²) in [6, 6.07) is 3.81. The molecule has 2 rings (SSSR count). The van der Waals surface area contributed by atoms with E-state index in [1.54, 1.807) is 0 Å². The van der Waals surface area contributed by atoms with Gasteiger partial charge in [-0.15, -0.1) is 0 Å². The second-order valence-corrected chi connectivity index (χ2v) is 7.10. The summed E-state index contributed by atoms with van der Waals surface area (Å²) in [6.07, 6.45) is 8.39. The maximum absolute atomic E-state index is 9.56. The van der Waals surface area contributed by atoms with Gasteiger partial charge in [0.15, 0.2) is 0 Å². The van der Waals surface area contributed by atoms with Crippen LogP contribution in [0.15, 0.2) is 0 Å². The molecule has 1 unspecified atom stereocenters. The molecule has 3 nitrogen and oxygen atoms in total. The van der Waals surface area contributed by atoms with Crippen LogP contribution in [0.2, 0.25) is 0 Å². The molecule has 2 fully saturated rings. The monoisotopic (exact) mass is 277 g/mol. The first-order valence-corrected chi connectivity index (χ1v) is 8.51. The van der Waals surface area contributed by atoms with Crippen LogP contribution in [-0.4, -0.2) is 35.6 Å². The normalized spacial score (nSPS) is 22.0. The average molecular weight is 277 g/mol. The van der Waals surface area contributed by atoms with Crippen molar-refractivity contribution in [2.45, 2.75) is 83.3 Å². The maximum Gasteiger partial charge on any atom is 0.106 e. The summed E-state index contributed by atoms with van der Waals surface area (Å²) in [5.74, 6) is 0.953. The molecule has 0 bridgehead atoms. The minimum absolute atomic E-state index is 0.274. The van der Waals surface area contributed by atoms with Crippen LogP contribution in [0.4, 0.5) is 0 Å². The fourth-order valence-corrected chi connectivity index (χ4v) is 2.91. The number of hydrogen-bond acceptors (Lipinski definition) is 3. The van der Waals surface area contributed by atoms with Gasteiger partial charge in [-0.3, -0.25) is 5.32 Å². The largest absolute Gasteiger partial charge is 0.301 e. The third-order valence-electron chi connectivity index (χ3n) is 4.84. The van der Waals surface area contributed by atoms with Gasteiger partial charge in [0.1, 0.15) is 5.54 Å². The summed E-state index contributed by atoms with van der Waals surface area (Å²) < 4.78 is 0. The third-order valence-corrected chi connectivity index (χ3v) is 4.84. The second-order valence-electron chi connectivity index (χ2n) is 7.10. The van der Waals surface area contributed by atoms with E-state index in [0.29, 0.717) is 12.1 Å². The summed E-state index contributed by atoms with van der Waals surface area (Å²) >= 11 is 0. The lowest BCUT2D eigenvalue weighted by Crippen LogP contribution is -2.45. The summed E-state index contributed by atoms with van der Waals surface area (Å²) in [6.45, 7) is 9.14. The zero-order chi connectivity index (χ0) is 14.6. The van der Waals surface area contributed by atoms with Crippen molar-refractivity contribution in [3.8, 4) is 6.07 Å². The first kappa shape index (κ1) is 15.8. The van der Waals surface area contributed by atoms with E-state index in [9.17, 15) is 5.26 Å². The van der Waals surface area contributed by atoms with Crippen LogP contribution in [0.1, 0.15) is 65.7 Å². The molecular formula is C17H31N3. The fraction of sp³-hybridized carbons (Fsp3) is 0.941. The highest BCUT2D eigenvalue weighted by Crippen LogP contribution is 2.31. The fourth-order valence-electron chi connectivity index (χ4n) is 2.91. The van der Waals surface area contributed by atoms with Gasteiger partial charge in [-0.2, -0.15) is 5.26 Å². The van der Waals surface area contributed by atoms with Crippen LogP contribution in [0.5, 0.6) is 0 Å². The maximum atomic E-state index is 9.56. The van der Waals surface area contributed by atoms with Gasteiger partial charge in [-0.25, -0.2) is 0 Å². The zero-order valence-electron chi connectivity index (χ0n) is 13.5. The predicted molar refractivity (Wildman–Crippen MR) is 83.5 cm³/mol. The van der Waals surface area contributed by atoms with Gasteiger partial charge in [-0.1, -0.05) is 6.92 Å². The minimum Gasteiger partial charge on any atom is -0.301 e. The Hall–Kier alpha value is -0.590. The Morgan fingerprint density at radius 3 is 2.45 bits per heavy atom. The third kappa shape index (κ3) is 4.75. The number of nitriles is 1. The number of rotatable bonds is 10. The molecule has 0 heterocycles. The van der Waals surface area contributed by atoms with Gasteiger partial charge >= 0.3 is 0 Å². The number of nitrogens with zero attached hydrogens (tertiary/aromatic N) is 2. The summed E-state index contributed by atoms with van der Waals surface area (Å²) in [7, 11) is 0. The van der Waals surface area contributed by atoms with Gasteiger partial charge in [0.2, 0.25) is 0 Å². The SMILES string of the molecule is CCC(C#N)(CCCN(CC1CC1)C(C)C)NC1CC1. The van der Waals surface area contributed by atoms with E-state index in [0.717, 1.165) is 31.7 Å². The number of hydrogen-bond donors (Lipinski definition) is 1. The van der Waals surface area contributed by atoms with Gasteiger partial charge in [0.05, 0.1) is 6.07 Å². The molecule has 2 aliphatic carbocycles. The standard InChI is InChI=1S/C17H31N3/c1-4-17(13-18,19-16-8-9-16)10-5-11-20(14(2)3)12-15-6-7-15/h14-16,19H,4-12H2,1-3H3. The first-order valence-electron chi connectivity index (χ1n) is 8.51. The van der Waals surface area contributed by atoms with Crippen LogP contribution in [0.3, 0.4) is 0 Å². The van der Waals surface area contributed by atoms with Gasteiger partial charge in [0, 0.05) is 18.6 Å². The molecule has 0 aromatic carbocycles. The zero-order valence-corrected chi connectivity index (χ0v) is 13.5. The Bertz CT molecular complexity index is 339. The van der Waals surface area contributed by atoms with Crippen molar-refractivity contribution in [1.82, 2.24) is 10.2 Å². The van der Waals surface area contributed by atoms with Crippen molar-refractivity contribution in [2.24, 2.45) is 5.92 Å². The van der Waals surface area contributed by atoms with E-state index in [2.05, 4.69) is 37.1 Å². The van der Waals surface area contributed by atoms with E-state index in [4.69, 9.17) is 0 Å². The van der Waals surface area contributed by atoms with Crippen LogP contribution in [0.25, 0.3) is 0 Å². The van der Waals surface area contributed by atoms with E-state index in [-0.39, 0.29) is 5.54 Å². The molecule has 0 spiro atoms. The summed E-state index contributed by atoms with van der Waals surface area (Å²) in [4.78, 5) is 2.60. The first-order chi connectivity index (χ1) is 9.58. The van der Waals surface area contributed by atoms with E-state index >= 15 is 0 Å². The van der Waals surface area contributed by atoms with Crippen molar-refractivity contribution in [3.05, 3.63) is 0 Å². The average Bonchev–Trinajstić information content (AvgIpc) is 3.31. The topological polar surface area (TPSA) is 39.1 Å². The van der Waals surface area contributed by atoms with Crippen LogP contribution < -0.4 is 5.32 Å². The number of nitrogens with one attached hydrogen (secondary N) is 1. The van der Waals surface area contributed by atoms with Gasteiger partial charge in [0.25, 0.3) is 0 Å². The highest BCUT2D eigenvalue weighted by atomic mass is 15.1. The van der Waals surface area contributed by atoms with Crippen molar-refractivity contribution >= 4 is 0 Å². The molecule has 114 valence electrons. The lowest BCUT2D eigenvalue weighted by atomic mass is 9.91. The molecule has 2 saturated carbocycles. The van der Waals surface area contributed by atoms with Gasteiger partial charge < -0.3 is 4.90 Å². The molecule has 0 amide bonds. The minimum atomic E-state index is -0.274. The van der Waals surface area contributed by atoms with Crippen LogP contribution in [0, 0.1) is 17.2 Å². The van der Waals surface area contributed by atoms with Crippen molar-refractivity contribution in [3.63, 3.8) is 0 Å². The molecule has 0 aromatic rings. The Morgan fingerprint density at radius 1 is 1.30 bits per heavy atom. The molecule has 20 heavy (non-hydrogen) atoms. The Morgan fingerprint density at radius 2 is 2.00 bits per heavy atom. The van der Waals surface area contributed by atoms with Gasteiger partial charge in [-0.05, 0) is 71.3 Å². The summed E-state index contributed by atoms with van der Waals surface area (Å²) in [5, 5.41) is 13.1. The van der Waals surface area contributed by atoms with E-state index in [1.165, 1.54) is 32.2 Å². The molecule has 0 aliphatic heterocycles. The quantitative estimate of drug-likeness (QED) is 0.666. The van der Waals surface area contributed by atoms with Crippen molar-refractivity contribution < 1.29 is 0 Å². The second kappa shape index (κ2) is 6.91. The van der Waals surface area contributed by atoms with Crippen LogP contribution >= 0.6 is 0 Å². The molecule has 0 aromatic heterocycles. The van der Waals surface area contributed by atoms with Crippen LogP contribution in [-0.2, 0) is 0 Å². The smallest absolute Gasteiger partial charge is 0.106 e. The Labute approximate surface area is 124 Å². The lowest BCUT2D eigenvalue weighted by Gasteiger charge is -2.30. The Balaban J connectivity index is 1.76. The highest BCUT2D eigenvalue weighted by Gasteiger charge is 2.35. The molecule has 1 atom stereocenters. The van der Waals surface area contributed by atoms with Crippen molar-refractivity contribution in [1.29, 1.82) is 5.26 Å². The molecule has 2 aliphatic rings. The molecule has 0 saturated heterocycles. The summed E-state index contributed by atoms with van der Waals surface area (Å²) in [5.41, 5.74) is -0.274. The van der Waals surface area contributed by atoms with E-state index < -0.39 is 0 Å². The molecule has 3 heteroatoms. The van der Waals surface area contributed by atoms with E-state index in [1.807, 2.05) is 0 Å². The predicted octanol–water partition coefficient (Wildman–Crippen LogP) is 3.31. The molecule has 1 N–H and O–H groups in total. The lowest BCUT2D eigenvalue weighted by molar-refractivity contribution is 0.200. The van der Waals surface area contributed by atoms with Crippen molar-refractivity contribution in [2.75, 3.05) is 13.1 Å². The molecular weight excluding hydrogens is 246 g/mol. The molecule has 0 radical (unpaired) electrons. The Kier molecular flexibility index (Phi) is 5.46. The highest BCUT2D eigenvalue weighted by molar-refractivity contribution is 5.09.